The van der Waals surface area contributed by atoms with Crippen molar-refractivity contribution in [3.8, 4) is 0 Å². The van der Waals surface area contributed by atoms with Crippen LogP contribution in [0, 0.1) is 0 Å². The third-order valence-corrected chi connectivity index (χ3v) is 3.33. The number of nitrogens with one attached hydrogen (secondary N) is 2. The largest absolute Gasteiger partial charge is 0.306 e. The van der Waals surface area contributed by atoms with Crippen molar-refractivity contribution in [1.82, 2.24) is 10.3 Å². The highest BCUT2D eigenvalue weighted by Gasteiger charge is 2.24. The van der Waals surface area contributed by atoms with Gasteiger partial charge in [-0.3, -0.25) is 4.79 Å². The molecule has 84 valence electrons. The third-order valence-electron chi connectivity index (χ3n) is 2.27. The zero-order valence-corrected chi connectivity index (χ0v) is 10.1. The van der Waals surface area contributed by atoms with E-state index >= 15 is 0 Å². The molecule has 1 saturated heterocycles. The Labute approximate surface area is 98.9 Å². The first-order chi connectivity index (χ1) is 6.79. The van der Waals surface area contributed by atoms with E-state index in [1.54, 1.807) is 11.3 Å². The average Bonchev–Trinajstić information content (AvgIpc) is 2.48. The van der Waals surface area contributed by atoms with Crippen LogP contribution < -0.4 is 10.6 Å². The number of hydrogen-bond acceptors (Lipinski definition) is 4. The molecule has 1 aromatic rings. The highest BCUT2D eigenvalue weighted by Crippen LogP contribution is 2.19. The summed E-state index contributed by atoms with van der Waals surface area (Å²) in [5.74, 6) is 0.0354. The highest BCUT2D eigenvalue weighted by atomic mass is 35.5. The summed E-state index contributed by atoms with van der Waals surface area (Å²) in [6.07, 6.45) is 3.71. The lowest BCUT2D eigenvalue weighted by atomic mass is 10.1. The number of anilines is 1. The van der Waals surface area contributed by atoms with Crippen molar-refractivity contribution in [2.24, 2.45) is 0 Å². The van der Waals surface area contributed by atoms with Crippen LogP contribution >= 0.6 is 23.7 Å². The smallest absolute Gasteiger partial charge is 0.243 e. The maximum Gasteiger partial charge on any atom is 0.243 e. The van der Waals surface area contributed by atoms with Crippen molar-refractivity contribution in [2.45, 2.75) is 25.8 Å². The number of halogens is 1. The Morgan fingerprint density at radius 2 is 2.53 bits per heavy atom. The van der Waals surface area contributed by atoms with E-state index in [1.165, 1.54) is 4.88 Å². The molecular formula is C9H14ClN3OS. The zero-order chi connectivity index (χ0) is 9.97. The lowest BCUT2D eigenvalue weighted by molar-refractivity contribution is -0.119. The van der Waals surface area contributed by atoms with Crippen LogP contribution in [0.1, 0.15) is 18.2 Å². The predicted octanol–water partition coefficient (Wildman–Crippen LogP) is 1.43. The van der Waals surface area contributed by atoms with Gasteiger partial charge in [0, 0.05) is 11.1 Å². The van der Waals surface area contributed by atoms with Gasteiger partial charge in [0.05, 0.1) is 6.04 Å². The van der Waals surface area contributed by atoms with E-state index in [2.05, 4.69) is 22.5 Å². The van der Waals surface area contributed by atoms with Gasteiger partial charge < -0.3 is 10.6 Å². The molecule has 6 heteroatoms. The van der Waals surface area contributed by atoms with E-state index in [1.807, 2.05) is 6.20 Å². The fourth-order valence-corrected chi connectivity index (χ4v) is 1.99. The van der Waals surface area contributed by atoms with Crippen molar-refractivity contribution < 1.29 is 4.79 Å². The van der Waals surface area contributed by atoms with Gasteiger partial charge in [0.1, 0.15) is 0 Å². The number of nitrogens with zero attached hydrogens (tertiary/aromatic N) is 1. The Hall–Kier alpha value is -0.650. The molecule has 15 heavy (non-hydrogen) atoms. The molecule has 2 N–H and O–H groups in total. The van der Waals surface area contributed by atoms with Gasteiger partial charge >= 0.3 is 0 Å². The van der Waals surface area contributed by atoms with E-state index in [-0.39, 0.29) is 24.4 Å². The minimum Gasteiger partial charge on any atom is -0.306 e. The van der Waals surface area contributed by atoms with Crippen LogP contribution in [-0.2, 0) is 11.2 Å². The molecule has 1 aromatic heterocycles. The van der Waals surface area contributed by atoms with E-state index in [0.717, 1.165) is 19.4 Å². The lowest BCUT2D eigenvalue weighted by Gasteiger charge is -2.25. The molecule has 4 nitrogen and oxygen atoms in total. The highest BCUT2D eigenvalue weighted by molar-refractivity contribution is 7.15. The van der Waals surface area contributed by atoms with Crippen molar-refractivity contribution >= 4 is 34.8 Å². The van der Waals surface area contributed by atoms with Gasteiger partial charge in [-0.05, 0) is 19.4 Å². The second kappa shape index (κ2) is 5.44. The quantitative estimate of drug-likeness (QED) is 0.850. The Balaban J connectivity index is 0.00000112. The summed E-state index contributed by atoms with van der Waals surface area (Å²) in [6, 6.07) is -0.0102. The zero-order valence-electron chi connectivity index (χ0n) is 8.45. The minimum absolute atomic E-state index is 0. The Morgan fingerprint density at radius 1 is 1.80 bits per heavy atom. The summed E-state index contributed by atoms with van der Waals surface area (Å²) >= 11 is 1.54. The molecule has 0 saturated carbocycles. The SMILES string of the molecule is CCc1cnc(NC(=O)[C@H]2CCN2)s1.Cl. The Morgan fingerprint density at radius 3 is 3.00 bits per heavy atom. The molecule has 1 atom stereocenters. The first-order valence-electron chi connectivity index (χ1n) is 4.78. The van der Waals surface area contributed by atoms with Gasteiger partial charge in [-0.25, -0.2) is 4.98 Å². The molecule has 0 aromatic carbocycles. The molecule has 0 bridgehead atoms. The Kier molecular flexibility index (Phi) is 4.50. The molecule has 0 unspecified atom stereocenters. The number of thiazole rings is 1. The fraction of sp³-hybridized carbons (Fsp3) is 0.556. The molecule has 1 amide bonds. The van der Waals surface area contributed by atoms with Gasteiger partial charge in [0.15, 0.2) is 5.13 Å². The van der Waals surface area contributed by atoms with Crippen molar-refractivity contribution in [2.75, 3.05) is 11.9 Å². The molecule has 2 heterocycles. The van der Waals surface area contributed by atoms with Gasteiger partial charge in [0.25, 0.3) is 0 Å². The third kappa shape index (κ3) is 2.90. The van der Waals surface area contributed by atoms with E-state index in [0.29, 0.717) is 5.13 Å². The van der Waals surface area contributed by atoms with Gasteiger partial charge in [0.2, 0.25) is 5.91 Å². The number of carbonyl (C=O) groups excluding carboxylic acids is 1. The number of carbonyl (C=O) groups is 1. The maximum absolute atomic E-state index is 11.5. The fourth-order valence-electron chi connectivity index (χ4n) is 1.23. The normalized spacial score (nSPS) is 18.9. The summed E-state index contributed by atoms with van der Waals surface area (Å²) in [4.78, 5) is 16.8. The summed E-state index contributed by atoms with van der Waals surface area (Å²) in [6.45, 7) is 3.02. The number of aromatic nitrogens is 1. The predicted molar refractivity (Wildman–Crippen MR) is 63.8 cm³/mol. The van der Waals surface area contributed by atoms with Crippen molar-refractivity contribution in [3.05, 3.63) is 11.1 Å². The van der Waals surface area contributed by atoms with Crippen LogP contribution in [0.15, 0.2) is 6.20 Å². The van der Waals surface area contributed by atoms with Crippen LogP contribution in [0.4, 0.5) is 5.13 Å². The van der Waals surface area contributed by atoms with Crippen LogP contribution in [0.3, 0.4) is 0 Å². The number of hydrogen-bond donors (Lipinski definition) is 2. The van der Waals surface area contributed by atoms with Crippen LogP contribution in [0.25, 0.3) is 0 Å². The number of rotatable bonds is 3. The molecule has 1 aliphatic rings. The summed E-state index contributed by atoms with van der Waals surface area (Å²) in [5, 5.41) is 6.56. The summed E-state index contributed by atoms with van der Waals surface area (Å²) in [5.41, 5.74) is 0. The molecule has 1 aliphatic heterocycles. The van der Waals surface area contributed by atoms with Crippen LogP contribution in [0.2, 0.25) is 0 Å². The van der Waals surface area contributed by atoms with Gasteiger partial charge in [-0.15, -0.1) is 23.7 Å². The maximum atomic E-state index is 11.5. The van der Waals surface area contributed by atoms with Gasteiger partial charge in [-0.1, -0.05) is 6.92 Å². The number of aryl methyl sites for hydroxylation is 1. The summed E-state index contributed by atoms with van der Waals surface area (Å²) in [7, 11) is 0. The van der Waals surface area contributed by atoms with Crippen molar-refractivity contribution in [1.29, 1.82) is 0 Å². The molecule has 0 aliphatic carbocycles. The van der Waals surface area contributed by atoms with Crippen molar-refractivity contribution in [3.63, 3.8) is 0 Å². The number of amides is 1. The molecule has 0 radical (unpaired) electrons. The molecular weight excluding hydrogens is 234 g/mol. The standard InChI is InChI=1S/C9H13N3OS.ClH/c1-2-6-5-11-9(14-6)12-8(13)7-3-4-10-7;/h5,7,10H,2-4H2,1H3,(H,11,12,13);1H/t7-;/m1./s1. The molecule has 0 spiro atoms. The second-order valence-corrected chi connectivity index (χ2v) is 4.39. The first kappa shape index (κ1) is 12.4. The van der Waals surface area contributed by atoms with Crippen LogP contribution in [-0.4, -0.2) is 23.5 Å². The van der Waals surface area contributed by atoms with E-state index in [4.69, 9.17) is 0 Å². The first-order valence-corrected chi connectivity index (χ1v) is 5.60. The average molecular weight is 248 g/mol. The molecule has 1 fully saturated rings. The topological polar surface area (TPSA) is 54.0 Å². The van der Waals surface area contributed by atoms with Crippen LogP contribution in [0.5, 0.6) is 0 Å². The van der Waals surface area contributed by atoms with E-state index < -0.39 is 0 Å². The lowest BCUT2D eigenvalue weighted by Crippen LogP contribution is -2.50. The van der Waals surface area contributed by atoms with Gasteiger partial charge in [-0.2, -0.15) is 0 Å². The Bertz CT molecular complexity index is 338. The monoisotopic (exact) mass is 247 g/mol. The van der Waals surface area contributed by atoms with E-state index in [9.17, 15) is 4.79 Å². The minimum atomic E-state index is -0.0102. The summed E-state index contributed by atoms with van der Waals surface area (Å²) < 4.78 is 0. The molecule has 2 rings (SSSR count). The second-order valence-electron chi connectivity index (χ2n) is 3.27.